The third-order valence-corrected chi connectivity index (χ3v) is 3.73. The van der Waals surface area contributed by atoms with E-state index < -0.39 is 5.92 Å². The van der Waals surface area contributed by atoms with Crippen molar-refractivity contribution in [3.63, 3.8) is 0 Å². The fourth-order valence-corrected chi connectivity index (χ4v) is 2.33. The fraction of sp³-hybridized carbons (Fsp3) is 0.846. The van der Waals surface area contributed by atoms with Gasteiger partial charge in [-0.2, -0.15) is 0 Å². The van der Waals surface area contributed by atoms with E-state index >= 15 is 0 Å². The van der Waals surface area contributed by atoms with Crippen molar-refractivity contribution in [2.45, 2.75) is 13.3 Å². The van der Waals surface area contributed by atoms with Crippen molar-refractivity contribution in [3.8, 4) is 0 Å². The van der Waals surface area contributed by atoms with E-state index in [1.54, 1.807) is 0 Å². The molecule has 1 heterocycles. The maximum Gasteiger partial charge on any atom is 0.233 e. The molecule has 1 amide bonds. The average molecular weight is 285 g/mol. The van der Waals surface area contributed by atoms with Gasteiger partial charge in [-0.15, -0.1) is 0 Å². The zero-order chi connectivity index (χ0) is 15.1. The van der Waals surface area contributed by atoms with E-state index in [4.69, 9.17) is 10.9 Å². The second kappa shape index (κ2) is 8.06. The molecule has 1 rings (SSSR count). The van der Waals surface area contributed by atoms with Gasteiger partial charge in [-0.1, -0.05) is 12.1 Å². The number of amides is 1. The molecule has 0 aliphatic carbocycles. The van der Waals surface area contributed by atoms with Gasteiger partial charge < -0.3 is 20.7 Å². The maximum atomic E-state index is 12.3. The summed E-state index contributed by atoms with van der Waals surface area (Å²) in [7, 11) is 4.12. The number of hydrogen-bond acceptors (Lipinski definition) is 5. The molecular weight excluding hydrogens is 258 g/mol. The molecule has 0 radical (unpaired) electrons. The van der Waals surface area contributed by atoms with Crippen LogP contribution in [-0.4, -0.2) is 85.0 Å². The Kier molecular flexibility index (Phi) is 6.74. The van der Waals surface area contributed by atoms with Crippen LogP contribution >= 0.6 is 0 Å². The summed E-state index contributed by atoms with van der Waals surface area (Å²) in [6, 6.07) is 0. The number of carbonyl (C=O) groups is 1. The molecular formula is C13H27N5O2. The van der Waals surface area contributed by atoms with E-state index in [0.717, 1.165) is 26.2 Å². The molecule has 1 unspecified atom stereocenters. The van der Waals surface area contributed by atoms with Crippen LogP contribution in [0.3, 0.4) is 0 Å². The van der Waals surface area contributed by atoms with E-state index in [-0.39, 0.29) is 11.7 Å². The summed E-state index contributed by atoms with van der Waals surface area (Å²) in [5.74, 6) is -0.532. The smallest absolute Gasteiger partial charge is 0.233 e. The minimum absolute atomic E-state index is 0.00698. The quantitative estimate of drug-likeness (QED) is 0.296. The summed E-state index contributed by atoms with van der Waals surface area (Å²) >= 11 is 0. The number of likely N-dealkylation sites (N-methyl/N-ethyl adjacent to an activating group) is 1. The van der Waals surface area contributed by atoms with Gasteiger partial charge >= 0.3 is 0 Å². The first-order valence-corrected chi connectivity index (χ1v) is 7.12. The van der Waals surface area contributed by atoms with E-state index in [2.05, 4.69) is 29.1 Å². The van der Waals surface area contributed by atoms with Crippen LogP contribution in [0.25, 0.3) is 0 Å². The normalized spacial score (nSPS) is 19.4. The monoisotopic (exact) mass is 285 g/mol. The maximum absolute atomic E-state index is 12.3. The van der Waals surface area contributed by atoms with E-state index in [1.165, 1.54) is 0 Å². The van der Waals surface area contributed by atoms with Crippen LogP contribution in [0.2, 0.25) is 0 Å². The molecule has 0 aromatic carbocycles. The molecule has 20 heavy (non-hydrogen) atoms. The van der Waals surface area contributed by atoms with E-state index in [1.807, 2.05) is 11.8 Å². The van der Waals surface area contributed by atoms with Gasteiger partial charge in [0.15, 0.2) is 5.84 Å². The van der Waals surface area contributed by atoms with Crippen LogP contribution in [0.5, 0.6) is 0 Å². The minimum Gasteiger partial charge on any atom is -0.409 e. The molecule has 1 saturated heterocycles. The van der Waals surface area contributed by atoms with Gasteiger partial charge in [-0.25, -0.2) is 0 Å². The highest BCUT2D eigenvalue weighted by molar-refractivity contribution is 6.02. The summed E-state index contributed by atoms with van der Waals surface area (Å²) in [5.41, 5.74) is 5.58. The second-order valence-corrected chi connectivity index (χ2v) is 5.46. The Hall–Kier alpha value is -1.34. The van der Waals surface area contributed by atoms with Crippen LogP contribution in [-0.2, 0) is 4.79 Å². The van der Waals surface area contributed by atoms with Gasteiger partial charge in [0.2, 0.25) is 5.91 Å². The number of rotatable bonds is 6. The Bertz CT molecular complexity index is 338. The van der Waals surface area contributed by atoms with Gasteiger partial charge in [0.05, 0.1) is 5.92 Å². The number of carbonyl (C=O) groups excluding carboxylic acids is 1. The molecule has 1 fully saturated rings. The summed E-state index contributed by atoms with van der Waals surface area (Å²) in [5, 5.41) is 11.7. The average Bonchev–Trinajstić information content (AvgIpc) is 2.45. The van der Waals surface area contributed by atoms with Crippen LogP contribution in [0.4, 0.5) is 0 Å². The lowest BCUT2D eigenvalue weighted by atomic mass is 10.0. The first-order valence-electron chi connectivity index (χ1n) is 7.12. The van der Waals surface area contributed by atoms with Crippen LogP contribution in [0, 0.1) is 5.92 Å². The zero-order valence-electron chi connectivity index (χ0n) is 12.7. The predicted molar refractivity (Wildman–Crippen MR) is 78.8 cm³/mol. The largest absolute Gasteiger partial charge is 0.409 e. The van der Waals surface area contributed by atoms with Crippen molar-refractivity contribution in [1.82, 2.24) is 14.7 Å². The number of piperazine rings is 1. The summed E-state index contributed by atoms with van der Waals surface area (Å²) in [4.78, 5) is 18.7. The van der Waals surface area contributed by atoms with Crippen molar-refractivity contribution < 1.29 is 10.0 Å². The second-order valence-electron chi connectivity index (χ2n) is 5.46. The standard InChI is InChI=1S/C13H27N5O2/c1-4-11(12(14)15-20)13(19)18-9-7-17(8-10-18)6-5-16(2)3/h11,20H,4-10H2,1-3H3,(H2,14,15). The number of hydrogen-bond donors (Lipinski definition) is 2. The Morgan fingerprint density at radius 2 is 1.95 bits per heavy atom. The third kappa shape index (κ3) is 4.64. The van der Waals surface area contributed by atoms with Crippen LogP contribution in [0.15, 0.2) is 5.16 Å². The van der Waals surface area contributed by atoms with E-state index in [0.29, 0.717) is 19.5 Å². The van der Waals surface area contributed by atoms with Gasteiger partial charge in [0.1, 0.15) is 0 Å². The summed E-state index contributed by atoms with van der Waals surface area (Å²) in [6.45, 7) is 7.09. The molecule has 0 saturated carbocycles. The highest BCUT2D eigenvalue weighted by atomic mass is 16.4. The molecule has 0 bridgehead atoms. The van der Waals surface area contributed by atoms with Gasteiger partial charge in [-0.05, 0) is 20.5 Å². The van der Waals surface area contributed by atoms with Crippen molar-refractivity contribution in [2.24, 2.45) is 16.8 Å². The van der Waals surface area contributed by atoms with Crippen molar-refractivity contribution in [2.75, 3.05) is 53.4 Å². The van der Waals surface area contributed by atoms with Gasteiger partial charge in [0, 0.05) is 39.3 Å². The topological polar surface area (TPSA) is 85.4 Å². The molecule has 1 atom stereocenters. The summed E-state index contributed by atoms with van der Waals surface area (Å²) < 4.78 is 0. The van der Waals surface area contributed by atoms with Gasteiger partial charge in [-0.3, -0.25) is 9.69 Å². The van der Waals surface area contributed by atoms with Crippen molar-refractivity contribution >= 4 is 11.7 Å². The highest BCUT2D eigenvalue weighted by Gasteiger charge is 2.28. The molecule has 0 aromatic rings. The Balaban J connectivity index is 2.46. The Morgan fingerprint density at radius 1 is 1.35 bits per heavy atom. The number of oxime groups is 1. The predicted octanol–water partition coefficient (Wildman–Crippen LogP) is -0.535. The molecule has 0 aromatic heterocycles. The lowest BCUT2D eigenvalue weighted by molar-refractivity contribution is -0.135. The Morgan fingerprint density at radius 3 is 2.40 bits per heavy atom. The Labute approximate surface area is 121 Å². The van der Waals surface area contributed by atoms with E-state index in [9.17, 15) is 4.79 Å². The van der Waals surface area contributed by atoms with Crippen molar-refractivity contribution in [1.29, 1.82) is 0 Å². The molecule has 7 nitrogen and oxygen atoms in total. The minimum atomic E-state index is -0.506. The lowest BCUT2D eigenvalue weighted by Gasteiger charge is -2.36. The SMILES string of the molecule is CCC(C(=O)N1CCN(CCN(C)C)CC1)C(N)=NO. The first-order chi connectivity index (χ1) is 9.49. The van der Waals surface area contributed by atoms with Crippen LogP contribution < -0.4 is 5.73 Å². The lowest BCUT2D eigenvalue weighted by Crippen LogP contribution is -2.52. The molecule has 1 aliphatic heterocycles. The number of nitrogens with zero attached hydrogens (tertiary/aromatic N) is 4. The third-order valence-electron chi connectivity index (χ3n) is 3.73. The molecule has 1 aliphatic rings. The zero-order valence-corrected chi connectivity index (χ0v) is 12.7. The number of amidine groups is 1. The summed E-state index contributed by atoms with van der Waals surface area (Å²) in [6.07, 6.45) is 0.551. The molecule has 3 N–H and O–H groups in total. The first kappa shape index (κ1) is 16.7. The molecule has 7 heteroatoms. The number of nitrogens with two attached hydrogens (primary N) is 1. The van der Waals surface area contributed by atoms with Crippen LogP contribution in [0.1, 0.15) is 13.3 Å². The molecule has 116 valence electrons. The van der Waals surface area contributed by atoms with Crippen molar-refractivity contribution in [3.05, 3.63) is 0 Å². The highest BCUT2D eigenvalue weighted by Crippen LogP contribution is 2.11. The van der Waals surface area contributed by atoms with Gasteiger partial charge in [0.25, 0.3) is 0 Å². The fourth-order valence-electron chi connectivity index (χ4n) is 2.33. The molecule has 0 spiro atoms.